The number of amides is 3. The van der Waals surface area contributed by atoms with Crippen LogP contribution in [0.25, 0.3) is 0 Å². The molecule has 9 nitrogen and oxygen atoms in total. The average molecular weight is 617 g/mol. The molecular formula is C34H37ClN4O5. The Hall–Kier alpha value is -4.34. The van der Waals surface area contributed by atoms with E-state index >= 15 is 0 Å². The molecule has 3 aromatic rings. The van der Waals surface area contributed by atoms with Gasteiger partial charge in [-0.25, -0.2) is 9.59 Å². The highest BCUT2D eigenvalue weighted by Gasteiger charge is 2.39. The zero-order valence-corrected chi connectivity index (χ0v) is 25.9. The number of likely N-dealkylation sites (N-methyl/N-ethyl adjacent to an activating group) is 1. The van der Waals surface area contributed by atoms with E-state index in [1.165, 1.54) is 0 Å². The smallest absolute Gasteiger partial charge is 0.338 e. The molecule has 0 saturated carbocycles. The first-order valence-corrected chi connectivity index (χ1v) is 15.3. The Balaban J connectivity index is 1.44. The van der Waals surface area contributed by atoms with Gasteiger partial charge in [0.2, 0.25) is 0 Å². The first-order chi connectivity index (χ1) is 21.3. The van der Waals surface area contributed by atoms with Gasteiger partial charge < -0.3 is 19.7 Å². The number of rotatable bonds is 9. The molecule has 2 heterocycles. The first kappa shape index (κ1) is 31.1. The van der Waals surface area contributed by atoms with Gasteiger partial charge in [0.05, 0.1) is 28.8 Å². The third-order valence-corrected chi connectivity index (χ3v) is 8.20. The van der Waals surface area contributed by atoms with Crippen molar-refractivity contribution in [1.29, 1.82) is 0 Å². The lowest BCUT2D eigenvalue weighted by Crippen LogP contribution is -2.56. The maximum Gasteiger partial charge on any atom is 0.338 e. The molecule has 0 bridgehead atoms. The van der Waals surface area contributed by atoms with Crippen molar-refractivity contribution in [3.05, 3.63) is 106 Å². The SMILES string of the molecule is CCOC(=O)C1=C(CN2CCN(C(=O)c3ccccc3Cl)[C@@H](C)C2)N(CC)C(=O)N[C@H]1c1cccc(Oc2ccccc2)c1. The summed E-state index contributed by atoms with van der Waals surface area (Å²) in [6.07, 6.45) is 0. The number of para-hydroxylation sites is 1. The number of nitrogens with one attached hydrogen (secondary N) is 1. The lowest BCUT2D eigenvalue weighted by atomic mass is 9.93. The topological polar surface area (TPSA) is 91.4 Å². The van der Waals surface area contributed by atoms with Crippen LogP contribution in [-0.2, 0) is 9.53 Å². The second-order valence-electron chi connectivity index (χ2n) is 10.8. The normalized spacial score (nSPS) is 19.0. The van der Waals surface area contributed by atoms with Gasteiger partial charge in [0.25, 0.3) is 5.91 Å². The molecule has 3 aromatic carbocycles. The fourth-order valence-electron chi connectivity index (χ4n) is 5.77. The Kier molecular flexibility index (Phi) is 9.87. The maximum absolute atomic E-state index is 13.6. The van der Waals surface area contributed by atoms with Crippen LogP contribution in [0.1, 0.15) is 42.7 Å². The van der Waals surface area contributed by atoms with E-state index in [0.717, 1.165) is 0 Å². The van der Waals surface area contributed by atoms with E-state index in [1.54, 1.807) is 36.1 Å². The van der Waals surface area contributed by atoms with E-state index in [2.05, 4.69) is 10.2 Å². The van der Waals surface area contributed by atoms with Gasteiger partial charge in [0, 0.05) is 44.5 Å². The molecule has 0 radical (unpaired) electrons. The summed E-state index contributed by atoms with van der Waals surface area (Å²) < 4.78 is 11.6. The van der Waals surface area contributed by atoms with Crippen molar-refractivity contribution in [1.82, 2.24) is 20.0 Å². The number of urea groups is 1. The van der Waals surface area contributed by atoms with Crippen LogP contribution >= 0.6 is 11.6 Å². The number of halogens is 1. The van der Waals surface area contributed by atoms with Gasteiger partial charge >= 0.3 is 12.0 Å². The molecule has 3 amide bonds. The number of hydrogen-bond donors (Lipinski definition) is 1. The quantitative estimate of drug-likeness (QED) is 0.302. The fourth-order valence-corrected chi connectivity index (χ4v) is 5.99. The van der Waals surface area contributed by atoms with Gasteiger partial charge in [-0.1, -0.05) is 54.1 Å². The summed E-state index contributed by atoms with van der Waals surface area (Å²) in [5.74, 6) is 0.663. The van der Waals surface area contributed by atoms with Crippen LogP contribution in [0.15, 0.2) is 90.1 Å². The third-order valence-electron chi connectivity index (χ3n) is 7.87. The Morgan fingerprint density at radius 1 is 0.955 bits per heavy atom. The van der Waals surface area contributed by atoms with Crippen LogP contribution in [0.5, 0.6) is 11.5 Å². The highest BCUT2D eigenvalue weighted by Crippen LogP contribution is 2.34. The summed E-state index contributed by atoms with van der Waals surface area (Å²) in [5, 5.41) is 3.45. The van der Waals surface area contributed by atoms with Crippen molar-refractivity contribution in [3.8, 4) is 11.5 Å². The highest BCUT2D eigenvalue weighted by molar-refractivity contribution is 6.33. The van der Waals surface area contributed by atoms with Gasteiger partial charge in [-0.05, 0) is 62.7 Å². The molecule has 1 fully saturated rings. The molecule has 5 rings (SSSR count). The Morgan fingerprint density at radius 3 is 2.39 bits per heavy atom. The second-order valence-corrected chi connectivity index (χ2v) is 11.2. The maximum atomic E-state index is 13.6. The molecule has 1 N–H and O–H groups in total. The molecule has 2 atom stereocenters. The molecular weight excluding hydrogens is 580 g/mol. The minimum Gasteiger partial charge on any atom is -0.463 e. The number of piperazine rings is 1. The average Bonchev–Trinajstić information content (AvgIpc) is 3.02. The summed E-state index contributed by atoms with van der Waals surface area (Å²) in [5.41, 5.74) is 2.15. The van der Waals surface area contributed by atoms with Gasteiger partial charge in [0.1, 0.15) is 11.5 Å². The monoisotopic (exact) mass is 616 g/mol. The van der Waals surface area contributed by atoms with Gasteiger partial charge in [0.15, 0.2) is 0 Å². The van der Waals surface area contributed by atoms with Crippen LogP contribution in [0.4, 0.5) is 4.79 Å². The Morgan fingerprint density at radius 2 is 1.68 bits per heavy atom. The van der Waals surface area contributed by atoms with Gasteiger partial charge in [-0.2, -0.15) is 0 Å². The van der Waals surface area contributed by atoms with Crippen LogP contribution in [0.3, 0.4) is 0 Å². The largest absolute Gasteiger partial charge is 0.463 e. The molecule has 0 aliphatic carbocycles. The summed E-state index contributed by atoms with van der Waals surface area (Å²) in [6, 6.07) is 22.7. The first-order valence-electron chi connectivity index (χ1n) is 14.9. The predicted octanol–water partition coefficient (Wildman–Crippen LogP) is 5.88. The minimum absolute atomic E-state index is 0.112. The summed E-state index contributed by atoms with van der Waals surface area (Å²) in [6.45, 7) is 8.13. The summed E-state index contributed by atoms with van der Waals surface area (Å²) in [4.78, 5) is 46.0. The summed E-state index contributed by atoms with van der Waals surface area (Å²) in [7, 11) is 0. The number of ether oxygens (including phenoxy) is 2. The van der Waals surface area contributed by atoms with Crippen molar-refractivity contribution in [3.63, 3.8) is 0 Å². The van der Waals surface area contributed by atoms with Crippen LogP contribution in [-0.4, -0.2) is 78.0 Å². The number of nitrogens with zero attached hydrogens (tertiary/aromatic N) is 3. The zero-order valence-electron chi connectivity index (χ0n) is 25.2. The van der Waals surface area contributed by atoms with E-state index in [4.69, 9.17) is 21.1 Å². The Bertz CT molecular complexity index is 1550. The minimum atomic E-state index is -0.737. The molecule has 230 valence electrons. The van der Waals surface area contributed by atoms with E-state index in [0.29, 0.717) is 71.6 Å². The number of benzene rings is 3. The van der Waals surface area contributed by atoms with Crippen molar-refractivity contribution >= 4 is 29.5 Å². The fraction of sp³-hybridized carbons (Fsp3) is 0.324. The van der Waals surface area contributed by atoms with Crippen molar-refractivity contribution in [2.75, 3.05) is 39.3 Å². The molecule has 44 heavy (non-hydrogen) atoms. The number of hydrogen-bond acceptors (Lipinski definition) is 6. The molecule has 0 spiro atoms. The zero-order chi connectivity index (χ0) is 31.2. The van der Waals surface area contributed by atoms with E-state index < -0.39 is 12.0 Å². The second kappa shape index (κ2) is 14.0. The van der Waals surface area contributed by atoms with Gasteiger partial charge in [-0.15, -0.1) is 0 Å². The lowest BCUT2D eigenvalue weighted by molar-refractivity contribution is -0.139. The van der Waals surface area contributed by atoms with E-state index in [1.807, 2.05) is 73.3 Å². The molecule has 2 aliphatic rings. The molecule has 2 aliphatic heterocycles. The number of esters is 1. The van der Waals surface area contributed by atoms with Crippen LogP contribution in [0.2, 0.25) is 5.02 Å². The predicted molar refractivity (Wildman–Crippen MR) is 169 cm³/mol. The highest BCUT2D eigenvalue weighted by atomic mass is 35.5. The standard InChI is InChI=1S/C34H37ClN4O5/c1-4-38-29(22-37-18-19-39(23(3)21-37)32(40)27-16-9-10-17-28(27)35)30(33(41)43-5-2)31(36-34(38)42)24-12-11-15-26(20-24)44-25-13-7-6-8-14-25/h6-17,20,23,31H,4-5,18-19,21-22H2,1-3H3,(H,36,42)/t23-,31-/m0/s1. The number of carbonyl (C=O) groups is 3. The van der Waals surface area contributed by atoms with Gasteiger partial charge in [-0.3, -0.25) is 14.6 Å². The molecule has 1 saturated heterocycles. The number of carbonyl (C=O) groups excluding carboxylic acids is 3. The Labute approximate surface area is 263 Å². The van der Waals surface area contributed by atoms with E-state index in [-0.39, 0.29) is 24.6 Å². The van der Waals surface area contributed by atoms with Crippen molar-refractivity contribution in [2.24, 2.45) is 0 Å². The molecule has 0 aromatic heterocycles. The third kappa shape index (κ3) is 6.74. The molecule has 10 heteroatoms. The summed E-state index contributed by atoms with van der Waals surface area (Å²) >= 11 is 6.32. The van der Waals surface area contributed by atoms with E-state index in [9.17, 15) is 14.4 Å². The van der Waals surface area contributed by atoms with Crippen LogP contribution in [0, 0.1) is 0 Å². The molecule has 0 unspecified atom stereocenters. The van der Waals surface area contributed by atoms with Crippen molar-refractivity contribution in [2.45, 2.75) is 32.9 Å². The van der Waals surface area contributed by atoms with Crippen molar-refractivity contribution < 1.29 is 23.9 Å². The van der Waals surface area contributed by atoms with Crippen LogP contribution < -0.4 is 10.1 Å². The lowest BCUT2D eigenvalue weighted by Gasteiger charge is -2.43.